The minimum Gasteiger partial charge on any atom is -0.490 e. The third kappa shape index (κ3) is 5.47. The number of hydrogen-bond donors (Lipinski definition) is 0. The zero-order valence-electron chi connectivity index (χ0n) is 14.5. The van der Waals surface area contributed by atoms with Gasteiger partial charge in [-0.2, -0.15) is 0 Å². The van der Waals surface area contributed by atoms with Crippen molar-refractivity contribution in [3.05, 3.63) is 53.9 Å². The lowest BCUT2D eigenvalue weighted by Gasteiger charge is -2.32. The number of nitrogens with zero attached hydrogens (tertiary/aromatic N) is 3. The molecule has 1 aliphatic heterocycles. The second-order valence-electron chi connectivity index (χ2n) is 6.30. The van der Waals surface area contributed by atoms with Crippen LogP contribution in [0.15, 0.2) is 36.7 Å². The Morgan fingerprint density at radius 1 is 1.20 bits per heavy atom. The second-order valence-corrected chi connectivity index (χ2v) is 6.30. The molecule has 5 nitrogen and oxygen atoms in total. The van der Waals surface area contributed by atoms with Gasteiger partial charge in [0.2, 0.25) is 0 Å². The molecule has 1 saturated heterocycles. The molecular formula is C19H24FN3O2. The number of rotatable bonds is 7. The molecule has 0 amide bonds. The number of benzene rings is 1. The third-order valence-electron chi connectivity index (χ3n) is 4.33. The maximum atomic E-state index is 13.2. The molecule has 1 aromatic heterocycles. The molecule has 0 saturated carbocycles. The Hall–Kier alpha value is -2.05. The van der Waals surface area contributed by atoms with E-state index in [4.69, 9.17) is 9.47 Å². The number of piperidine rings is 1. The first-order valence-corrected chi connectivity index (χ1v) is 8.66. The van der Waals surface area contributed by atoms with Gasteiger partial charge in [-0.15, -0.1) is 0 Å². The Bertz CT molecular complexity index is 658. The van der Waals surface area contributed by atoms with Crippen LogP contribution in [0.2, 0.25) is 0 Å². The smallest absolute Gasteiger partial charge is 0.130 e. The standard InChI is InChI=1S/C19H24FN3O2/c1-24-10-7-19-21-12-15(13-22-19)14-23-8-5-17(6-9-23)25-18-4-2-3-16(20)11-18/h2-4,11-13,17H,5-10,14H2,1H3. The van der Waals surface area contributed by atoms with Crippen LogP contribution >= 0.6 is 0 Å². The average molecular weight is 345 g/mol. The molecular weight excluding hydrogens is 321 g/mol. The summed E-state index contributed by atoms with van der Waals surface area (Å²) in [5.74, 6) is 1.16. The summed E-state index contributed by atoms with van der Waals surface area (Å²) < 4.78 is 24.1. The van der Waals surface area contributed by atoms with Crippen molar-refractivity contribution in [1.82, 2.24) is 14.9 Å². The van der Waals surface area contributed by atoms with E-state index in [-0.39, 0.29) is 11.9 Å². The molecule has 2 aromatic rings. The van der Waals surface area contributed by atoms with Crippen LogP contribution in [0.3, 0.4) is 0 Å². The first-order valence-electron chi connectivity index (χ1n) is 8.66. The van der Waals surface area contributed by atoms with Gasteiger partial charge in [0.15, 0.2) is 0 Å². The van der Waals surface area contributed by atoms with Crippen LogP contribution in [-0.2, 0) is 17.7 Å². The molecule has 0 unspecified atom stereocenters. The van der Waals surface area contributed by atoms with Gasteiger partial charge in [0.25, 0.3) is 0 Å². The summed E-state index contributed by atoms with van der Waals surface area (Å²) in [7, 11) is 1.68. The van der Waals surface area contributed by atoms with Crippen molar-refractivity contribution in [3.8, 4) is 5.75 Å². The molecule has 0 radical (unpaired) electrons. The highest BCUT2D eigenvalue weighted by atomic mass is 19.1. The van der Waals surface area contributed by atoms with E-state index in [0.717, 1.165) is 50.3 Å². The molecule has 0 N–H and O–H groups in total. The van der Waals surface area contributed by atoms with Crippen LogP contribution in [0.25, 0.3) is 0 Å². The van der Waals surface area contributed by atoms with Crippen LogP contribution in [0.1, 0.15) is 24.2 Å². The number of ether oxygens (including phenoxy) is 2. The monoisotopic (exact) mass is 345 g/mol. The van der Waals surface area contributed by atoms with E-state index in [1.807, 2.05) is 12.4 Å². The van der Waals surface area contributed by atoms with Crippen molar-refractivity contribution < 1.29 is 13.9 Å². The summed E-state index contributed by atoms with van der Waals surface area (Å²) in [6, 6.07) is 6.35. The molecule has 1 aliphatic rings. The van der Waals surface area contributed by atoms with Crippen molar-refractivity contribution >= 4 is 0 Å². The fraction of sp³-hybridized carbons (Fsp3) is 0.474. The first kappa shape index (κ1) is 17.8. The highest BCUT2D eigenvalue weighted by Gasteiger charge is 2.20. The number of halogens is 1. The van der Waals surface area contributed by atoms with Gasteiger partial charge >= 0.3 is 0 Å². The minimum atomic E-state index is -0.260. The van der Waals surface area contributed by atoms with Gasteiger partial charge in [0.05, 0.1) is 6.61 Å². The van der Waals surface area contributed by atoms with Gasteiger partial charge in [0.1, 0.15) is 23.5 Å². The Labute approximate surface area is 147 Å². The van der Waals surface area contributed by atoms with Gasteiger partial charge in [-0.05, 0) is 25.0 Å². The Kier molecular flexibility index (Phi) is 6.30. The van der Waals surface area contributed by atoms with E-state index in [1.54, 1.807) is 19.2 Å². The molecule has 134 valence electrons. The molecule has 0 spiro atoms. The Balaban J connectivity index is 1.44. The highest BCUT2D eigenvalue weighted by molar-refractivity contribution is 5.22. The Morgan fingerprint density at radius 2 is 1.96 bits per heavy atom. The van der Waals surface area contributed by atoms with Gasteiger partial charge in [-0.25, -0.2) is 14.4 Å². The number of aromatic nitrogens is 2. The quantitative estimate of drug-likeness (QED) is 0.772. The van der Waals surface area contributed by atoms with Crippen molar-refractivity contribution in [2.45, 2.75) is 31.9 Å². The molecule has 1 aromatic carbocycles. The van der Waals surface area contributed by atoms with E-state index >= 15 is 0 Å². The molecule has 0 bridgehead atoms. The number of hydrogen-bond acceptors (Lipinski definition) is 5. The van der Waals surface area contributed by atoms with Crippen molar-refractivity contribution in [3.63, 3.8) is 0 Å². The fourth-order valence-electron chi connectivity index (χ4n) is 2.96. The molecule has 2 heterocycles. The molecule has 25 heavy (non-hydrogen) atoms. The third-order valence-corrected chi connectivity index (χ3v) is 4.33. The lowest BCUT2D eigenvalue weighted by atomic mass is 10.1. The largest absolute Gasteiger partial charge is 0.490 e. The van der Waals surface area contributed by atoms with Crippen molar-refractivity contribution in [2.75, 3.05) is 26.8 Å². The molecule has 3 rings (SSSR count). The maximum Gasteiger partial charge on any atom is 0.130 e. The van der Waals surface area contributed by atoms with Crippen LogP contribution < -0.4 is 4.74 Å². The predicted molar refractivity (Wildman–Crippen MR) is 92.9 cm³/mol. The second kappa shape index (κ2) is 8.87. The van der Waals surface area contributed by atoms with Crippen LogP contribution in [0.5, 0.6) is 5.75 Å². The van der Waals surface area contributed by atoms with E-state index in [1.165, 1.54) is 12.1 Å². The average Bonchev–Trinajstić information content (AvgIpc) is 2.63. The number of likely N-dealkylation sites (tertiary alicyclic amines) is 1. The van der Waals surface area contributed by atoms with E-state index in [0.29, 0.717) is 12.4 Å². The molecule has 6 heteroatoms. The minimum absolute atomic E-state index is 0.144. The van der Waals surface area contributed by atoms with Crippen LogP contribution in [0, 0.1) is 5.82 Å². The summed E-state index contributed by atoms with van der Waals surface area (Å²) in [5.41, 5.74) is 1.12. The summed E-state index contributed by atoms with van der Waals surface area (Å²) in [5, 5.41) is 0. The molecule has 0 aliphatic carbocycles. The fourth-order valence-corrected chi connectivity index (χ4v) is 2.96. The van der Waals surface area contributed by atoms with Crippen LogP contribution in [-0.4, -0.2) is 47.8 Å². The maximum absolute atomic E-state index is 13.2. The molecule has 1 fully saturated rings. The topological polar surface area (TPSA) is 47.5 Å². The van der Waals surface area contributed by atoms with E-state index < -0.39 is 0 Å². The Morgan fingerprint density at radius 3 is 2.64 bits per heavy atom. The van der Waals surface area contributed by atoms with E-state index in [9.17, 15) is 4.39 Å². The normalized spacial score (nSPS) is 16.1. The first-order chi connectivity index (χ1) is 12.2. The zero-order valence-corrected chi connectivity index (χ0v) is 14.5. The van der Waals surface area contributed by atoms with Gasteiger partial charge in [-0.1, -0.05) is 6.07 Å². The summed E-state index contributed by atoms with van der Waals surface area (Å²) >= 11 is 0. The number of methoxy groups -OCH3 is 1. The lowest BCUT2D eigenvalue weighted by molar-refractivity contribution is 0.0964. The summed E-state index contributed by atoms with van der Waals surface area (Å²) in [4.78, 5) is 11.1. The van der Waals surface area contributed by atoms with Gasteiger partial charge < -0.3 is 9.47 Å². The predicted octanol–water partition coefficient (Wildman–Crippen LogP) is 2.85. The van der Waals surface area contributed by atoms with Crippen molar-refractivity contribution in [2.24, 2.45) is 0 Å². The molecule has 0 atom stereocenters. The summed E-state index contributed by atoms with van der Waals surface area (Å²) in [6.07, 6.45) is 6.54. The lowest BCUT2D eigenvalue weighted by Crippen LogP contribution is -2.37. The van der Waals surface area contributed by atoms with E-state index in [2.05, 4.69) is 14.9 Å². The zero-order chi connectivity index (χ0) is 17.5. The SMILES string of the molecule is COCCc1ncc(CN2CCC(Oc3cccc(F)c3)CC2)cn1. The van der Waals surface area contributed by atoms with Gasteiger partial charge in [0, 0.05) is 57.2 Å². The van der Waals surface area contributed by atoms with Gasteiger partial charge in [-0.3, -0.25) is 4.90 Å². The summed E-state index contributed by atoms with van der Waals surface area (Å²) in [6.45, 7) is 3.38. The van der Waals surface area contributed by atoms with Crippen LogP contribution in [0.4, 0.5) is 4.39 Å². The van der Waals surface area contributed by atoms with Crippen molar-refractivity contribution in [1.29, 1.82) is 0 Å². The highest BCUT2D eigenvalue weighted by Crippen LogP contribution is 2.20.